The highest BCUT2D eigenvalue weighted by Crippen LogP contribution is 2.29. The minimum Gasteiger partial charge on any atom is -0.488 e. The van der Waals surface area contributed by atoms with Crippen LogP contribution in [0.3, 0.4) is 0 Å². The third kappa shape index (κ3) is 4.62. The summed E-state index contributed by atoms with van der Waals surface area (Å²) in [5.41, 5.74) is 1.39. The average Bonchev–Trinajstić information content (AvgIpc) is 3.01. The zero-order chi connectivity index (χ0) is 22.0. The van der Waals surface area contributed by atoms with Crippen LogP contribution >= 0.6 is 27.5 Å². The van der Waals surface area contributed by atoms with Gasteiger partial charge in [-0.15, -0.1) is 0 Å². The number of carbonyl (C=O) groups excluding carboxylic acids is 2. The van der Waals surface area contributed by atoms with Crippen molar-refractivity contribution in [2.75, 3.05) is 4.90 Å². The van der Waals surface area contributed by atoms with Crippen molar-refractivity contribution in [1.29, 1.82) is 0 Å². The summed E-state index contributed by atoms with van der Waals surface area (Å²) in [6, 6.07) is 17.4. The van der Waals surface area contributed by atoms with Crippen LogP contribution in [-0.2, 0) is 11.4 Å². The van der Waals surface area contributed by atoms with Crippen LogP contribution in [-0.4, -0.2) is 11.9 Å². The molecule has 0 aromatic heterocycles. The second-order valence-corrected chi connectivity index (χ2v) is 8.02. The third-order valence-corrected chi connectivity index (χ3v) is 5.29. The van der Waals surface area contributed by atoms with E-state index in [-0.39, 0.29) is 18.1 Å². The molecule has 0 saturated carbocycles. The van der Waals surface area contributed by atoms with Crippen molar-refractivity contribution >= 4 is 51.2 Å². The fraction of sp³-hybridized carbons (Fsp3) is 0.0435. The summed E-state index contributed by atoms with van der Waals surface area (Å²) in [4.78, 5) is 26.3. The first-order valence-corrected chi connectivity index (χ1v) is 10.4. The lowest BCUT2D eigenvalue weighted by molar-refractivity contribution is -0.113. The van der Waals surface area contributed by atoms with Gasteiger partial charge in [0.05, 0.1) is 5.69 Å². The van der Waals surface area contributed by atoms with Crippen molar-refractivity contribution in [2.45, 2.75) is 6.61 Å². The Hall–Kier alpha value is -3.16. The maximum atomic E-state index is 13.9. The molecular formula is C23H15BrClFN2O3. The lowest BCUT2D eigenvalue weighted by Crippen LogP contribution is -2.30. The molecule has 1 N–H and O–H groups in total. The van der Waals surface area contributed by atoms with E-state index in [0.29, 0.717) is 27.6 Å². The molecule has 1 aliphatic rings. The fourth-order valence-corrected chi connectivity index (χ4v) is 3.64. The summed E-state index contributed by atoms with van der Waals surface area (Å²) in [7, 11) is 0. The highest BCUT2D eigenvalue weighted by Gasteiger charge is 2.35. The molecule has 4 rings (SSSR count). The van der Waals surface area contributed by atoms with Gasteiger partial charge in [-0.3, -0.25) is 4.79 Å². The maximum Gasteiger partial charge on any atom is 0.333 e. The molecule has 0 spiro atoms. The molecule has 0 atom stereocenters. The third-order valence-electron chi connectivity index (χ3n) is 4.56. The van der Waals surface area contributed by atoms with Gasteiger partial charge in [0.25, 0.3) is 5.91 Å². The van der Waals surface area contributed by atoms with Crippen LogP contribution in [0.4, 0.5) is 14.9 Å². The summed E-state index contributed by atoms with van der Waals surface area (Å²) in [5.74, 6) is -0.454. The lowest BCUT2D eigenvalue weighted by atomic mass is 10.1. The second-order valence-electron chi connectivity index (χ2n) is 6.67. The van der Waals surface area contributed by atoms with E-state index in [1.165, 1.54) is 18.2 Å². The predicted octanol–water partition coefficient (Wildman–Crippen LogP) is 5.92. The highest BCUT2D eigenvalue weighted by atomic mass is 79.9. The number of amides is 3. The van der Waals surface area contributed by atoms with Crippen molar-refractivity contribution in [3.05, 3.63) is 98.9 Å². The van der Waals surface area contributed by atoms with E-state index in [4.69, 9.17) is 16.3 Å². The van der Waals surface area contributed by atoms with Crippen molar-refractivity contribution in [2.24, 2.45) is 0 Å². The monoisotopic (exact) mass is 500 g/mol. The van der Waals surface area contributed by atoms with E-state index in [9.17, 15) is 14.0 Å². The summed E-state index contributed by atoms with van der Waals surface area (Å²) < 4.78 is 20.5. The Balaban J connectivity index is 1.62. The molecule has 1 fully saturated rings. The molecule has 0 unspecified atom stereocenters. The van der Waals surface area contributed by atoms with Gasteiger partial charge in [0.15, 0.2) is 0 Å². The molecule has 1 aliphatic heterocycles. The molecular weight excluding hydrogens is 487 g/mol. The number of benzene rings is 3. The quantitative estimate of drug-likeness (QED) is 0.349. The Labute approximate surface area is 191 Å². The molecule has 8 heteroatoms. The first-order chi connectivity index (χ1) is 14.9. The second kappa shape index (κ2) is 8.91. The van der Waals surface area contributed by atoms with Crippen LogP contribution in [0.2, 0.25) is 5.02 Å². The number of nitrogens with one attached hydrogen (secondary N) is 1. The van der Waals surface area contributed by atoms with Crippen LogP contribution < -0.4 is 15.0 Å². The number of halogens is 3. The first-order valence-electron chi connectivity index (χ1n) is 9.21. The van der Waals surface area contributed by atoms with E-state index < -0.39 is 11.9 Å². The zero-order valence-corrected chi connectivity index (χ0v) is 18.3. The molecule has 5 nitrogen and oxygen atoms in total. The minimum atomic E-state index is -0.581. The van der Waals surface area contributed by atoms with E-state index in [1.54, 1.807) is 54.6 Å². The van der Waals surface area contributed by atoms with Crippen molar-refractivity contribution in [1.82, 2.24) is 5.32 Å². The first kappa shape index (κ1) is 21.1. The van der Waals surface area contributed by atoms with E-state index >= 15 is 0 Å². The van der Waals surface area contributed by atoms with Crippen LogP contribution in [0.15, 0.2) is 76.9 Å². The number of hydrogen-bond acceptors (Lipinski definition) is 3. The summed E-state index contributed by atoms with van der Waals surface area (Å²) in [5, 5.41) is 2.98. The molecule has 3 aromatic rings. The van der Waals surface area contributed by atoms with Crippen LogP contribution in [0, 0.1) is 5.82 Å². The van der Waals surface area contributed by atoms with Gasteiger partial charge < -0.3 is 10.1 Å². The van der Waals surface area contributed by atoms with Crippen LogP contribution in [0.5, 0.6) is 5.75 Å². The number of carbonyl (C=O) groups is 2. The number of anilines is 1. The van der Waals surface area contributed by atoms with Gasteiger partial charge in [-0.05, 0) is 48.5 Å². The van der Waals surface area contributed by atoms with Gasteiger partial charge in [-0.2, -0.15) is 0 Å². The number of rotatable bonds is 5. The lowest BCUT2D eigenvalue weighted by Gasteiger charge is -2.12. The number of ether oxygens (including phenoxy) is 1. The maximum absolute atomic E-state index is 13.9. The smallest absolute Gasteiger partial charge is 0.333 e. The fourth-order valence-electron chi connectivity index (χ4n) is 3.07. The number of imide groups is 1. The Kier molecular flexibility index (Phi) is 6.06. The van der Waals surface area contributed by atoms with E-state index in [2.05, 4.69) is 21.2 Å². The Bertz CT molecular complexity index is 1210. The molecule has 3 amide bonds. The van der Waals surface area contributed by atoms with Crippen molar-refractivity contribution in [3.63, 3.8) is 0 Å². The summed E-state index contributed by atoms with van der Waals surface area (Å²) in [6.45, 7) is 0.0133. The number of nitrogens with zero attached hydrogens (tertiary/aromatic N) is 1. The standard InChI is InChI=1S/C23H15BrClFN2O3/c24-16-8-9-21(31-13-14-4-1-2-7-19(14)26)15(10-16)11-20-22(29)28(23(30)27-20)18-6-3-5-17(25)12-18/h1-12H,13H2,(H,27,30)/b20-11+. The molecule has 3 aromatic carbocycles. The Morgan fingerprint density at radius 2 is 1.87 bits per heavy atom. The molecule has 1 heterocycles. The number of hydrogen-bond donors (Lipinski definition) is 1. The Morgan fingerprint density at radius 1 is 1.06 bits per heavy atom. The van der Waals surface area contributed by atoms with Gasteiger partial charge in [0, 0.05) is 20.6 Å². The summed E-state index contributed by atoms with van der Waals surface area (Å²) >= 11 is 9.38. The van der Waals surface area contributed by atoms with Gasteiger partial charge in [0.2, 0.25) is 0 Å². The van der Waals surface area contributed by atoms with Gasteiger partial charge in [-0.1, -0.05) is 51.8 Å². The minimum absolute atomic E-state index is 0.0133. The van der Waals surface area contributed by atoms with Crippen molar-refractivity contribution < 1.29 is 18.7 Å². The normalized spacial score (nSPS) is 14.8. The van der Waals surface area contributed by atoms with E-state index in [1.807, 2.05) is 0 Å². The topological polar surface area (TPSA) is 58.6 Å². The SMILES string of the molecule is O=C1N/C(=C/c2cc(Br)ccc2OCc2ccccc2F)C(=O)N1c1cccc(Cl)c1. The van der Waals surface area contributed by atoms with Crippen LogP contribution in [0.1, 0.15) is 11.1 Å². The van der Waals surface area contributed by atoms with Gasteiger partial charge in [0.1, 0.15) is 23.9 Å². The van der Waals surface area contributed by atoms with Gasteiger partial charge >= 0.3 is 6.03 Å². The Morgan fingerprint density at radius 3 is 2.65 bits per heavy atom. The molecule has 0 radical (unpaired) electrons. The van der Waals surface area contributed by atoms with E-state index in [0.717, 1.165) is 9.37 Å². The average molecular weight is 502 g/mol. The molecule has 156 valence electrons. The molecule has 0 bridgehead atoms. The largest absolute Gasteiger partial charge is 0.488 e. The highest BCUT2D eigenvalue weighted by molar-refractivity contribution is 9.10. The molecule has 31 heavy (non-hydrogen) atoms. The molecule has 1 saturated heterocycles. The predicted molar refractivity (Wildman–Crippen MR) is 120 cm³/mol. The number of urea groups is 1. The molecule has 0 aliphatic carbocycles. The van der Waals surface area contributed by atoms with Crippen LogP contribution in [0.25, 0.3) is 6.08 Å². The zero-order valence-electron chi connectivity index (χ0n) is 15.9. The van der Waals surface area contributed by atoms with Crippen molar-refractivity contribution in [3.8, 4) is 5.75 Å². The summed E-state index contributed by atoms with van der Waals surface area (Å²) in [6.07, 6.45) is 1.52. The van der Waals surface area contributed by atoms with Gasteiger partial charge in [-0.25, -0.2) is 14.1 Å².